The zero-order chi connectivity index (χ0) is 24.4. The Labute approximate surface area is 200 Å². The van der Waals surface area contributed by atoms with Crippen molar-refractivity contribution in [1.29, 1.82) is 0 Å². The Balaban J connectivity index is 1.22. The minimum atomic E-state index is -0.524. The monoisotopic (exact) mass is 467 g/mol. The van der Waals surface area contributed by atoms with E-state index in [9.17, 15) is 19.7 Å². The lowest BCUT2D eigenvalue weighted by Gasteiger charge is -2.16. The number of carbonyl (C=O) groups is 2. The van der Waals surface area contributed by atoms with E-state index in [1.165, 1.54) is 29.2 Å². The Bertz CT molecular complexity index is 1410. The van der Waals surface area contributed by atoms with Gasteiger partial charge in [-0.15, -0.1) is 0 Å². The lowest BCUT2D eigenvalue weighted by atomic mass is 10.1. The summed E-state index contributed by atoms with van der Waals surface area (Å²) in [5, 5.41) is 15.8. The number of ether oxygens (including phenoxy) is 1. The zero-order valence-corrected chi connectivity index (χ0v) is 18.6. The average Bonchev–Trinajstić information content (AvgIpc) is 3.27. The van der Waals surface area contributed by atoms with Gasteiger partial charge in [0.05, 0.1) is 10.8 Å². The summed E-state index contributed by atoms with van der Waals surface area (Å²) < 4.78 is 6.05. The molecule has 1 aliphatic heterocycles. The average molecular weight is 467 g/mol. The van der Waals surface area contributed by atoms with Crippen molar-refractivity contribution in [2.24, 2.45) is 5.92 Å². The summed E-state index contributed by atoms with van der Waals surface area (Å²) in [5.74, 6) is 0.406. The number of nitrogens with zero attached hydrogens (tertiary/aromatic N) is 2. The lowest BCUT2D eigenvalue weighted by Crippen LogP contribution is -2.28. The van der Waals surface area contributed by atoms with E-state index < -0.39 is 10.8 Å². The SMILES string of the molecule is O=C(Nc1ccc(Oc2cccc3ccccc23)cc1)[C@H]1CC(=O)N(c2ccc([N+](=O)[O-])cc2)C1. The standard InChI is InChI=1S/C27H21N3O5/c31-26-16-19(17-29(26)21-10-12-22(13-11-21)30(33)34)27(32)28-20-8-14-23(15-9-20)35-25-7-3-5-18-4-1-2-6-24(18)25/h1-15,19H,16-17H2,(H,28,32)/t19-/m0/s1. The van der Waals surface area contributed by atoms with Gasteiger partial charge in [-0.3, -0.25) is 19.7 Å². The van der Waals surface area contributed by atoms with Crippen molar-refractivity contribution < 1.29 is 19.2 Å². The van der Waals surface area contributed by atoms with Crippen molar-refractivity contribution in [3.8, 4) is 11.5 Å². The van der Waals surface area contributed by atoms with E-state index in [-0.39, 0.29) is 30.5 Å². The highest BCUT2D eigenvalue weighted by atomic mass is 16.6. The van der Waals surface area contributed by atoms with E-state index in [4.69, 9.17) is 4.74 Å². The van der Waals surface area contributed by atoms with E-state index in [1.807, 2.05) is 42.5 Å². The van der Waals surface area contributed by atoms with Crippen LogP contribution in [-0.2, 0) is 9.59 Å². The van der Waals surface area contributed by atoms with Crippen molar-refractivity contribution in [2.75, 3.05) is 16.8 Å². The summed E-state index contributed by atoms with van der Waals surface area (Å²) in [4.78, 5) is 37.1. The number of rotatable bonds is 6. The third kappa shape index (κ3) is 4.67. The first-order valence-corrected chi connectivity index (χ1v) is 11.1. The molecule has 1 saturated heterocycles. The molecule has 1 N–H and O–H groups in total. The molecule has 0 aromatic heterocycles. The van der Waals surface area contributed by atoms with Crippen LogP contribution >= 0.6 is 0 Å². The number of amides is 2. The normalized spacial score (nSPS) is 15.3. The van der Waals surface area contributed by atoms with E-state index >= 15 is 0 Å². The molecule has 174 valence electrons. The van der Waals surface area contributed by atoms with Crippen molar-refractivity contribution in [3.05, 3.63) is 101 Å². The Morgan fingerprint density at radius 1 is 0.943 bits per heavy atom. The van der Waals surface area contributed by atoms with Crippen LogP contribution < -0.4 is 15.0 Å². The molecule has 0 saturated carbocycles. The third-order valence-electron chi connectivity index (χ3n) is 5.97. The van der Waals surface area contributed by atoms with Crippen molar-refractivity contribution >= 4 is 39.6 Å². The summed E-state index contributed by atoms with van der Waals surface area (Å²) >= 11 is 0. The molecule has 0 spiro atoms. The molecule has 5 rings (SSSR count). The predicted octanol–water partition coefficient (Wildman–Crippen LogP) is 5.53. The Kier molecular flexibility index (Phi) is 5.85. The van der Waals surface area contributed by atoms with Gasteiger partial charge in [0, 0.05) is 41.9 Å². The van der Waals surface area contributed by atoms with Gasteiger partial charge in [-0.05, 0) is 47.9 Å². The number of carbonyl (C=O) groups excluding carboxylic acids is 2. The smallest absolute Gasteiger partial charge is 0.269 e. The molecule has 1 aliphatic rings. The maximum absolute atomic E-state index is 12.8. The highest BCUT2D eigenvalue weighted by molar-refractivity contribution is 6.03. The van der Waals surface area contributed by atoms with Crippen LogP contribution in [0.2, 0.25) is 0 Å². The van der Waals surface area contributed by atoms with Crippen LogP contribution in [0.5, 0.6) is 11.5 Å². The number of hydrogen-bond acceptors (Lipinski definition) is 5. The zero-order valence-electron chi connectivity index (χ0n) is 18.6. The second kappa shape index (κ2) is 9.26. The summed E-state index contributed by atoms with van der Waals surface area (Å²) in [5.41, 5.74) is 1.08. The number of nitrogens with one attached hydrogen (secondary N) is 1. The van der Waals surface area contributed by atoms with E-state index in [0.29, 0.717) is 17.1 Å². The van der Waals surface area contributed by atoms with Crippen LogP contribution in [0.4, 0.5) is 17.1 Å². The molecule has 4 aromatic rings. The molecule has 0 bridgehead atoms. The first-order chi connectivity index (χ1) is 17.0. The van der Waals surface area contributed by atoms with E-state index in [2.05, 4.69) is 5.32 Å². The summed E-state index contributed by atoms with van der Waals surface area (Å²) in [7, 11) is 0. The quantitative estimate of drug-likeness (QED) is 0.297. The number of hydrogen-bond donors (Lipinski definition) is 1. The summed E-state index contributed by atoms with van der Waals surface area (Å²) in [6.45, 7) is 0.213. The van der Waals surface area contributed by atoms with Gasteiger partial charge in [-0.25, -0.2) is 0 Å². The predicted molar refractivity (Wildman–Crippen MR) is 133 cm³/mol. The molecular weight excluding hydrogens is 446 g/mol. The summed E-state index contributed by atoms with van der Waals surface area (Å²) in [6, 6.07) is 26.6. The second-order valence-electron chi connectivity index (χ2n) is 8.27. The van der Waals surface area contributed by atoms with Gasteiger partial charge < -0.3 is 15.0 Å². The fraction of sp³-hybridized carbons (Fsp3) is 0.111. The fourth-order valence-electron chi connectivity index (χ4n) is 4.15. The molecule has 1 atom stereocenters. The molecule has 1 heterocycles. The van der Waals surface area contributed by atoms with Gasteiger partial charge in [0.15, 0.2) is 0 Å². The van der Waals surface area contributed by atoms with Gasteiger partial charge in [0.2, 0.25) is 11.8 Å². The number of non-ortho nitro benzene ring substituents is 1. The number of nitro benzene ring substituents is 1. The van der Waals surface area contributed by atoms with Gasteiger partial charge in [-0.2, -0.15) is 0 Å². The number of fused-ring (bicyclic) bond motifs is 1. The first-order valence-electron chi connectivity index (χ1n) is 11.1. The Morgan fingerprint density at radius 3 is 2.40 bits per heavy atom. The number of benzene rings is 4. The number of nitro groups is 1. The van der Waals surface area contributed by atoms with Gasteiger partial charge in [-0.1, -0.05) is 36.4 Å². The second-order valence-corrected chi connectivity index (χ2v) is 8.27. The van der Waals surface area contributed by atoms with Crippen LogP contribution in [0, 0.1) is 16.0 Å². The minimum absolute atomic E-state index is 0.0532. The molecule has 4 aromatic carbocycles. The lowest BCUT2D eigenvalue weighted by molar-refractivity contribution is -0.384. The van der Waals surface area contributed by atoms with Crippen LogP contribution in [-0.4, -0.2) is 23.3 Å². The molecule has 2 amide bonds. The van der Waals surface area contributed by atoms with Crippen LogP contribution in [0.3, 0.4) is 0 Å². The molecule has 0 unspecified atom stereocenters. The van der Waals surface area contributed by atoms with Crippen molar-refractivity contribution in [1.82, 2.24) is 0 Å². The van der Waals surface area contributed by atoms with Crippen LogP contribution in [0.25, 0.3) is 10.8 Å². The number of anilines is 2. The van der Waals surface area contributed by atoms with Gasteiger partial charge >= 0.3 is 0 Å². The molecule has 8 nitrogen and oxygen atoms in total. The van der Waals surface area contributed by atoms with Crippen molar-refractivity contribution in [2.45, 2.75) is 6.42 Å². The topological polar surface area (TPSA) is 102 Å². The molecule has 0 aliphatic carbocycles. The third-order valence-corrected chi connectivity index (χ3v) is 5.97. The summed E-state index contributed by atoms with van der Waals surface area (Å²) in [6.07, 6.45) is 0.0745. The Hall–Kier alpha value is -4.72. The minimum Gasteiger partial charge on any atom is -0.457 e. The van der Waals surface area contributed by atoms with Crippen LogP contribution in [0.1, 0.15) is 6.42 Å². The largest absolute Gasteiger partial charge is 0.457 e. The first kappa shape index (κ1) is 22.1. The van der Waals surface area contributed by atoms with Gasteiger partial charge in [0.25, 0.3) is 5.69 Å². The van der Waals surface area contributed by atoms with Crippen LogP contribution in [0.15, 0.2) is 91.0 Å². The van der Waals surface area contributed by atoms with E-state index in [1.54, 1.807) is 24.3 Å². The molecule has 0 radical (unpaired) electrons. The Morgan fingerprint density at radius 2 is 1.66 bits per heavy atom. The highest BCUT2D eigenvalue weighted by Gasteiger charge is 2.35. The van der Waals surface area contributed by atoms with E-state index in [0.717, 1.165) is 16.5 Å². The highest BCUT2D eigenvalue weighted by Crippen LogP contribution is 2.31. The fourth-order valence-corrected chi connectivity index (χ4v) is 4.15. The molecule has 35 heavy (non-hydrogen) atoms. The van der Waals surface area contributed by atoms with Gasteiger partial charge in [0.1, 0.15) is 11.5 Å². The molecule has 8 heteroatoms. The van der Waals surface area contributed by atoms with Crippen molar-refractivity contribution in [3.63, 3.8) is 0 Å². The molecule has 1 fully saturated rings. The molecular formula is C27H21N3O5. The maximum Gasteiger partial charge on any atom is 0.269 e. The maximum atomic E-state index is 12.8.